The highest BCUT2D eigenvalue weighted by Gasteiger charge is 2.42. The fraction of sp³-hybridized carbons (Fsp3) is 0.533. The Labute approximate surface area is 237 Å². The second-order valence-electron chi connectivity index (χ2n) is 12.3. The molecule has 1 atom stereocenters. The summed E-state index contributed by atoms with van der Waals surface area (Å²) >= 11 is 13.3. The van der Waals surface area contributed by atoms with Crippen molar-refractivity contribution in [3.8, 4) is 11.1 Å². The number of carboxylic acid groups (broad SMARTS) is 1. The number of amides is 1. The molecule has 2 fully saturated rings. The maximum absolute atomic E-state index is 13.4. The highest BCUT2D eigenvalue weighted by atomic mass is 35.5. The van der Waals surface area contributed by atoms with Gasteiger partial charge in [0.1, 0.15) is 0 Å². The first-order chi connectivity index (χ1) is 17.8. The lowest BCUT2D eigenvalue weighted by Gasteiger charge is -2.42. The summed E-state index contributed by atoms with van der Waals surface area (Å²) in [5.74, 6) is -0.878. The monoisotopic (exact) mass is 575 g/mol. The Morgan fingerprint density at radius 2 is 1.58 bits per heavy atom. The maximum atomic E-state index is 13.4. The fourth-order valence-corrected chi connectivity index (χ4v) is 7.46. The second-order valence-corrected chi connectivity index (χ2v) is 17.9. The van der Waals surface area contributed by atoms with Crippen LogP contribution in [-0.2, 0) is 15.6 Å². The number of carbonyl (C=O) groups is 2. The van der Waals surface area contributed by atoms with Gasteiger partial charge in [-0.05, 0) is 97.6 Å². The highest BCUT2D eigenvalue weighted by molar-refractivity contribution is 6.74. The average Bonchev–Trinajstić information content (AvgIpc) is 3.20. The number of benzene rings is 2. The molecular weight excluding hydrogens is 537 g/mol. The van der Waals surface area contributed by atoms with E-state index in [0.717, 1.165) is 55.3 Å². The minimum atomic E-state index is -1.79. The third kappa shape index (κ3) is 6.30. The maximum Gasteiger partial charge on any atom is 0.335 e. The van der Waals surface area contributed by atoms with Crippen LogP contribution >= 0.6 is 23.2 Å². The molecule has 0 aromatic heterocycles. The quantitative estimate of drug-likeness (QED) is 0.339. The van der Waals surface area contributed by atoms with Crippen molar-refractivity contribution in [2.75, 3.05) is 6.54 Å². The highest BCUT2D eigenvalue weighted by Crippen LogP contribution is 2.40. The van der Waals surface area contributed by atoms with Gasteiger partial charge in [0.25, 0.3) is 0 Å². The van der Waals surface area contributed by atoms with Crippen molar-refractivity contribution in [3.05, 3.63) is 57.6 Å². The second kappa shape index (κ2) is 11.3. The van der Waals surface area contributed by atoms with Gasteiger partial charge in [-0.3, -0.25) is 4.79 Å². The molecule has 1 N–H and O–H groups in total. The zero-order valence-corrected chi connectivity index (χ0v) is 25.5. The van der Waals surface area contributed by atoms with Crippen LogP contribution in [0.5, 0.6) is 0 Å². The molecule has 2 aromatic rings. The van der Waals surface area contributed by atoms with Crippen LogP contribution in [0.25, 0.3) is 11.1 Å². The SMILES string of the molecule is CC(C)(C)[Si](C)(C)O[C@H]1CC[C@H](N2CC[C@@H](Cc3c(Cl)cc(-c4ccc(C(=O)O)cc4)cc3Cl)C2=O)CC1. The van der Waals surface area contributed by atoms with E-state index in [-0.39, 0.29) is 28.5 Å². The molecule has 206 valence electrons. The number of hydrogen-bond donors (Lipinski definition) is 1. The number of rotatable bonds is 7. The molecular formula is C30H39Cl2NO4Si. The van der Waals surface area contributed by atoms with Crippen LogP contribution in [0.3, 0.4) is 0 Å². The van der Waals surface area contributed by atoms with E-state index in [1.54, 1.807) is 24.3 Å². The molecule has 0 bridgehead atoms. The fourth-order valence-electron chi connectivity index (χ4n) is 5.40. The summed E-state index contributed by atoms with van der Waals surface area (Å²) in [6.45, 7) is 12.2. The summed E-state index contributed by atoms with van der Waals surface area (Å²) in [6.07, 6.45) is 5.65. The van der Waals surface area contributed by atoms with E-state index >= 15 is 0 Å². The van der Waals surface area contributed by atoms with Gasteiger partial charge in [-0.1, -0.05) is 56.1 Å². The molecule has 1 saturated heterocycles. The van der Waals surface area contributed by atoms with Gasteiger partial charge >= 0.3 is 5.97 Å². The Bertz CT molecular complexity index is 1160. The number of hydrogen-bond acceptors (Lipinski definition) is 3. The molecule has 1 saturated carbocycles. The van der Waals surface area contributed by atoms with Gasteiger partial charge in [-0.25, -0.2) is 4.79 Å². The third-order valence-electron chi connectivity index (χ3n) is 8.76. The van der Waals surface area contributed by atoms with E-state index in [1.807, 2.05) is 12.1 Å². The molecule has 5 nitrogen and oxygen atoms in total. The zero-order chi connectivity index (χ0) is 27.8. The number of carboxylic acids is 1. The minimum Gasteiger partial charge on any atom is -0.478 e. The Kier molecular flexibility index (Phi) is 8.68. The van der Waals surface area contributed by atoms with Crippen LogP contribution in [0.2, 0.25) is 28.2 Å². The number of nitrogens with zero attached hydrogens (tertiary/aromatic N) is 1. The first-order valence-corrected chi connectivity index (χ1v) is 17.2. The first-order valence-electron chi connectivity index (χ1n) is 13.6. The molecule has 4 rings (SSSR count). The Morgan fingerprint density at radius 1 is 1.00 bits per heavy atom. The van der Waals surface area contributed by atoms with Gasteiger partial charge in [0.05, 0.1) is 5.56 Å². The average molecular weight is 577 g/mol. The van der Waals surface area contributed by atoms with Gasteiger partial charge in [0.15, 0.2) is 8.32 Å². The summed E-state index contributed by atoms with van der Waals surface area (Å²) in [4.78, 5) is 26.6. The topological polar surface area (TPSA) is 66.8 Å². The normalized spacial score (nSPS) is 22.7. The van der Waals surface area contributed by atoms with Crippen molar-refractivity contribution in [2.24, 2.45) is 5.92 Å². The molecule has 1 amide bonds. The summed E-state index contributed by atoms with van der Waals surface area (Å²) in [7, 11) is -1.79. The summed E-state index contributed by atoms with van der Waals surface area (Å²) in [6, 6.07) is 10.6. The van der Waals surface area contributed by atoms with Crippen LogP contribution in [0.1, 0.15) is 68.8 Å². The van der Waals surface area contributed by atoms with Crippen molar-refractivity contribution in [2.45, 2.75) is 89.6 Å². The molecule has 0 radical (unpaired) electrons. The van der Waals surface area contributed by atoms with Crippen LogP contribution < -0.4 is 0 Å². The van der Waals surface area contributed by atoms with Crippen LogP contribution in [0.4, 0.5) is 0 Å². The molecule has 1 aliphatic heterocycles. The van der Waals surface area contributed by atoms with Crippen molar-refractivity contribution in [1.82, 2.24) is 4.90 Å². The summed E-state index contributed by atoms with van der Waals surface area (Å²) < 4.78 is 6.65. The van der Waals surface area contributed by atoms with Crippen molar-refractivity contribution in [3.63, 3.8) is 0 Å². The zero-order valence-electron chi connectivity index (χ0n) is 23.0. The molecule has 1 aliphatic carbocycles. The Morgan fingerprint density at radius 3 is 2.11 bits per heavy atom. The number of carbonyl (C=O) groups excluding carboxylic acids is 1. The van der Waals surface area contributed by atoms with Crippen LogP contribution in [0.15, 0.2) is 36.4 Å². The molecule has 38 heavy (non-hydrogen) atoms. The smallest absolute Gasteiger partial charge is 0.335 e. The number of halogens is 2. The van der Waals surface area contributed by atoms with Crippen LogP contribution in [-0.4, -0.2) is 48.9 Å². The van der Waals surface area contributed by atoms with E-state index in [2.05, 4.69) is 38.8 Å². The van der Waals surface area contributed by atoms with E-state index in [0.29, 0.717) is 22.6 Å². The standard InChI is InChI=1S/C30H39Cl2NO4Si/c1-30(2,3)38(4,5)37-24-12-10-23(11-13-24)33-15-14-21(28(33)34)16-25-26(31)17-22(18-27(25)32)19-6-8-20(9-7-19)29(35)36/h6-9,17-18,21,23-24H,10-16H2,1-5H3,(H,35,36)/t21-,23-,24-/m0/s1. The van der Waals surface area contributed by atoms with Crippen molar-refractivity contribution >= 4 is 43.4 Å². The third-order valence-corrected chi connectivity index (χ3v) is 14.0. The largest absolute Gasteiger partial charge is 0.478 e. The lowest BCUT2D eigenvalue weighted by molar-refractivity contribution is -0.133. The van der Waals surface area contributed by atoms with Gasteiger partial charge in [0.2, 0.25) is 5.91 Å². The Hall–Kier alpha value is -1.86. The van der Waals surface area contributed by atoms with Crippen LogP contribution in [0, 0.1) is 5.92 Å². The molecule has 0 unspecified atom stereocenters. The van der Waals surface area contributed by atoms with Gasteiger partial charge in [0, 0.05) is 34.7 Å². The lowest BCUT2D eigenvalue weighted by Crippen LogP contribution is -2.47. The van der Waals surface area contributed by atoms with E-state index in [9.17, 15) is 9.59 Å². The predicted octanol–water partition coefficient (Wildman–Crippen LogP) is 8.08. The molecule has 1 heterocycles. The van der Waals surface area contributed by atoms with E-state index in [4.69, 9.17) is 32.7 Å². The number of aromatic carboxylic acids is 1. The van der Waals surface area contributed by atoms with E-state index in [1.165, 1.54) is 0 Å². The Balaban J connectivity index is 1.37. The molecule has 0 spiro atoms. The van der Waals surface area contributed by atoms with Gasteiger partial charge in [-0.2, -0.15) is 0 Å². The van der Waals surface area contributed by atoms with Gasteiger partial charge < -0.3 is 14.4 Å². The first kappa shape index (κ1) is 29.1. The molecule has 8 heteroatoms. The number of likely N-dealkylation sites (tertiary alicyclic amines) is 1. The van der Waals surface area contributed by atoms with Crippen molar-refractivity contribution < 1.29 is 19.1 Å². The minimum absolute atomic E-state index is 0.119. The molecule has 2 aromatic carbocycles. The summed E-state index contributed by atoms with van der Waals surface area (Å²) in [5.41, 5.74) is 2.67. The lowest BCUT2D eigenvalue weighted by atomic mass is 9.92. The van der Waals surface area contributed by atoms with Crippen molar-refractivity contribution in [1.29, 1.82) is 0 Å². The predicted molar refractivity (Wildman–Crippen MR) is 157 cm³/mol. The summed E-state index contributed by atoms with van der Waals surface area (Å²) in [5, 5.41) is 10.4. The van der Waals surface area contributed by atoms with E-state index < -0.39 is 14.3 Å². The van der Waals surface area contributed by atoms with Gasteiger partial charge in [-0.15, -0.1) is 0 Å². The molecule has 2 aliphatic rings.